The molecule has 0 spiro atoms. The minimum Gasteiger partial charge on any atom is -0.369 e. The molecule has 0 aliphatic carbocycles. The van der Waals surface area contributed by atoms with Gasteiger partial charge in [0.25, 0.3) is 0 Å². The van der Waals surface area contributed by atoms with Crippen molar-refractivity contribution in [3.63, 3.8) is 0 Å². The Morgan fingerprint density at radius 3 is 2.55 bits per heavy atom. The van der Waals surface area contributed by atoms with E-state index in [1.54, 1.807) is 6.92 Å². The van der Waals surface area contributed by atoms with Gasteiger partial charge in [-0.25, -0.2) is 0 Å². The Kier molecular flexibility index (Phi) is 6.14. The molecule has 1 atom stereocenters. The van der Waals surface area contributed by atoms with Gasteiger partial charge in [-0.2, -0.15) is 0 Å². The highest BCUT2D eigenvalue weighted by Crippen LogP contribution is 2.33. The van der Waals surface area contributed by atoms with Crippen LogP contribution in [0.5, 0.6) is 0 Å². The van der Waals surface area contributed by atoms with Crippen LogP contribution in [0, 0.1) is 6.92 Å². The molecule has 2 saturated heterocycles. The summed E-state index contributed by atoms with van der Waals surface area (Å²) >= 11 is 0. The van der Waals surface area contributed by atoms with E-state index in [-0.39, 0.29) is 11.9 Å². The van der Waals surface area contributed by atoms with E-state index in [1.807, 2.05) is 4.90 Å². The van der Waals surface area contributed by atoms with Crippen molar-refractivity contribution in [3.8, 4) is 0 Å². The highest BCUT2D eigenvalue weighted by atomic mass is 16.2. The standard InChI is InChI=1S/C24H32N4O/c1-19-17-22(18-23(25-19)24-9-6-11-28(24)20(2)29)27-15-13-26(14-16-27)12-10-21-7-4-3-5-8-21/h3-5,7-8,17-18,24H,6,9-16H2,1-2H3. The van der Waals surface area contributed by atoms with Gasteiger partial charge in [0.1, 0.15) is 0 Å². The average Bonchev–Trinajstić information content (AvgIpc) is 3.23. The molecule has 1 aromatic carbocycles. The Labute approximate surface area is 174 Å². The summed E-state index contributed by atoms with van der Waals surface area (Å²) in [6.07, 6.45) is 3.19. The second-order valence-electron chi connectivity index (χ2n) is 8.33. The number of aryl methyl sites for hydroxylation is 1. The molecule has 0 radical (unpaired) electrons. The van der Waals surface area contributed by atoms with Crippen molar-refractivity contribution >= 4 is 11.6 Å². The Morgan fingerprint density at radius 2 is 1.83 bits per heavy atom. The first kappa shape index (κ1) is 19.9. The van der Waals surface area contributed by atoms with E-state index in [0.29, 0.717) is 0 Å². The van der Waals surface area contributed by atoms with Gasteiger partial charge in [-0.3, -0.25) is 14.7 Å². The number of amides is 1. The molecule has 1 amide bonds. The van der Waals surface area contributed by atoms with Crippen LogP contribution >= 0.6 is 0 Å². The molecular weight excluding hydrogens is 360 g/mol. The van der Waals surface area contributed by atoms with E-state index in [9.17, 15) is 4.79 Å². The lowest BCUT2D eigenvalue weighted by molar-refractivity contribution is -0.129. The summed E-state index contributed by atoms with van der Waals surface area (Å²) in [7, 11) is 0. The number of pyridine rings is 1. The van der Waals surface area contributed by atoms with Crippen molar-refractivity contribution in [2.75, 3.05) is 44.2 Å². The summed E-state index contributed by atoms with van der Waals surface area (Å²) in [4.78, 5) is 23.8. The molecule has 1 unspecified atom stereocenters. The maximum atomic E-state index is 12.0. The largest absolute Gasteiger partial charge is 0.369 e. The summed E-state index contributed by atoms with van der Waals surface area (Å²) in [5, 5.41) is 0. The topological polar surface area (TPSA) is 39.7 Å². The van der Waals surface area contributed by atoms with Gasteiger partial charge in [-0.1, -0.05) is 30.3 Å². The predicted octanol–water partition coefficient (Wildman–Crippen LogP) is 3.44. The second-order valence-corrected chi connectivity index (χ2v) is 8.33. The van der Waals surface area contributed by atoms with Crippen LogP contribution in [0.2, 0.25) is 0 Å². The number of aromatic nitrogens is 1. The Balaban J connectivity index is 1.38. The molecule has 5 nitrogen and oxygen atoms in total. The molecular formula is C24H32N4O. The Hall–Kier alpha value is -2.40. The van der Waals surface area contributed by atoms with Crippen molar-refractivity contribution in [1.82, 2.24) is 14.8 Å². The van der Waals surface area contributed by atoms with Crippen LogP contribution in [0.1, 0.15) is 42.8 Å². The maximum absolute atomic E-state index is 12.0. The second kappa shape index (κ2) is 8.95. The predicted molar refractivity (Wildman–Crippen MR) is 117 cm³/mol. The van der Waals surface area contributed by atoms with Crippen molar-refractivity contribution in [1.29, 1.82) is 0 Å². The monoisotopic (exact) mass is 392 g/mol. The summed E-state index contributed by atoms with van der Waals surface area (Å²) in [5.41, 5.74) is 4.76. The van der Waals surface area contributed by atoms with E-state index in [0.717, 1.165) is 69.9 Å². The number of nitrogens with zero attached hydrogens (tertiary/aromatic N) is 4. The lowest BCUT2D eigenvalue weighted by atomic mass is 10.1. The van der Waals surface area contributed by atoms with E-state index >= 15 is 0 Å². The molecule has 2 aliphatic heterocycles. The first-order valence-corrected chi connectivity index (χ1v) is 10.9. The lowest BCUT2D eigenvalue weighted by Gasteiger charge is -2.36. The number of benzene rings is 1. The highest BCUT2D eigenvalue weighted by Gasteiger charge is 2.29. The number of rotatable bonds is 5. The van der Waals surface area contributed by atoms with Gasteiger partial charge in [-0.15, -0.1) is 0 Å². The summed E-state index contributed by atoms with van der Waals surface area (Å²) < 4.78 is 0. The zero-order valence-electron chi connectivity index (χ0n) is 17.7. The number of anilines is 1. The van der Waals surface area contributed by atoms with Gasteiger partial charge in [0, 0.05) is 57.6 Å². The fourth-order valence-electron chi connectivity index (χ4n) is 4.64. The third-order valence-corrected chi connectivity index (χ3v) is 6.25. The van der Waals surface area contributed by atoms with Crippen LogP contribution in [0.25, 0.3) is 0 Å². The van der Waals surface area contributed by atoms with Crippen molar-refractivity contribution < 1.29 is 4.79 Å². The summed E-state index contributed by atoms with van der Waals surface area (Å²) in [5.74, 6) is 0.157. The molecule has 0 N–H and O–H groups in total. The van der Waals surface area contributed by atoms with Crippen LogP contribution < -0.4 is 4.90 Å². The number of likely N-dealkylation sites (tertiary alicyclic amines) is 1. The van der Waals surface area contributed by atoms with E-state index in [1.165, 1.54) is 11.3 Å². The molecule has 0 saturated carbocycles. The zero-order chi connectivity index (χ0) is 20.2. The number of piperazine rings is 1. The molecule has 3 heterocycles. The molecule has 2 aliphatic rings. The number of carbonyl (C=O) groups excluding carboxylic acids is 1. The molecule has 29 heavy (non-hydrogen) atoms. The smallest absolute Gasteiger partial charge is 0.220 e. The first-order chi connectivity index (χ1) is 14.1. The number of carbonyl (C=O) groups is 1. The van der Waals surface area contributed by atoms with Crippen LogP contribution in [0.15, 0.2) is 42.5 Å². The fraction of sp³-hybridized carbons (Fsp3) is 0.500. The van der Waals surface area contributed by atoms with Gasteiger partial charge in [0.2, 0.25) is 5.91 Å². The van der Waals surface area contributed by atoms with E-state index in [4.69, 9.17) is 4.98 Å². The lowest BCUT2D eigenvalue weighted by Crippen LogP contribution is -2.47. The molecule has 2 fully saturated rings. The zero-order valence-corrected chi connectivity index (χ0v) is 17.7. The highest BCUT2D eigenvalue weighted by molar-refractivity contribution is 5.74. The van der Waals surface area contributed by atoms with Crippen LogP contribution in [0.3, 0.4) is 0 Å². The fourth-order valence-corrected chi connectivity index (χ4v) is 4.64. The molecule has 2 aromatic rings. The molecule has 1 aromatic heterocycles. The van der Waals surface area contributed by atoms with Crippen molar-refractivity contribution in [2.24, 2.45) is 0 Å². The first-order valence-electron chi connectivity index (χ1n) is 10.9. The summed E-state index contributed by atoms with van der Waals surface area (Å²) in [6.45, 7) is 9.97. The molecule has 4 rings (SSSR count). The maximum Gasteiger partial charge on any atom is 0.220 e. The number of hydrogen-bond acceptors (Lipinski definition) is 4. The van der Waals surface area contributed by atoms with Crippen LogP contribution in [0.4, 0.5) is 5.69 Å². The number of hydrogen-bond donors (Lipinski definition) is 0. The average molecular weight is 393 g/mol. The van der Waals surface area contributed by atoms with Gasteiger partial charge in [0.15, 0.2) is 0 Å². The van der Waals surface area contributed by atoms with Crippen molar-refractivity contribution in [3.05, 3.63) is 59.4 Å². The van der Waals surface area contributed by atoms with Crippen molar-refractivity contribution in [2.45, 2.75) is 39.2 Å². The minimum atomic E-state index is 0.137. The van der Waals surface area contributed by atoms with Gasteiger partial charge in [0.05, 0.1) is 11.7 Å². The van der Waals surface area contributed by atoms with Gasteiger partial charge in [-0.05, 0) is 43.9 Å². The van der Waals surface area contributed by atoms with Gasteiger partial charge < -0.3 is 9.80 Å². The Morgan fingerprint density at radius 1 is 1.07 bits per heavy atom. The minimum absolute atomic E-state index is 0.137. The third-order valence-electron chi connectivity index (χ3n) is 6.25. The van der Waals surface area contributed by atoms with Crippen LogP contribution in [-0.4, -0.2) is 60.0 Å². The van der Waals surface area contributed by atoms with E-state index < -0.39 is 0 Å². The molecule has 5 heteroatoms. The molecule has 154 valence electrons. The Bertz CT molecular complexity index is 830. The normalized spacial score (nSPS) is 20.3. The summed E-state index contributed by atoms with van der Waals surface area (Å²) in [6, 6.07) is 15.3. The molecule has 0 bridgehead atoms. The SMILES string of the molecule is CC(=O)N1CCCC1c1cc(N2CCN(CCc3ccccc3)CC2)cc(C)n1. The van der Waals surface area contributed by atoms with Gasteiger partial charge >= 0.3 is 0 Å². The van der Waals surface area contributed by atoms with Crippen LogP contribution in [-0.2, 0) is 11.2 Å². The van der Waals surface area contributed by atoms with E-state index in [2.05, 4.69) is 59.2 Å². The third kappa shape index (κ3) is 4.78. The quantitative estimate of drug-likeness (QED) is 0.782.